The van der Waals surface area contributed by atoms with Crippen molar-refractivity contribution in [3.05, 3.63) is 16.1 Å². The van der Waals surface area contributed by atoms with E-state index in [2.05, 4.69) is 29.1 Å². The maximum Gasteiger partial charge on any atom is 0.0954 e. The molecule has 0 fully saturated rings. The zero-order valence-corrected chi connectivity index (χ0v) is 11.8. The molecule has 1 atom stereocenters. The number of hydrogen-bond acceptors (Lipinski definition) is 5. The van der Waals surface area contributed by atoms with Crippen molar-refractivity contribution in [3.8, 4) is 0 Å². The Bertz CT molecular complexity index is 328. The van der Waals surface area contributed by atoms with Crippen molar-refractivity contribution in [3.63, 3.8) is 0 Å². The normalized spacial score (nSPS) is 13.6. The highest BCUT2D eigenvalue weighted by Gasteiger charge is 2.11. The Kier molecular flexibility index (Phi) is 6.05. The van der Waals surface area contributed by atoms with E-state index in [-0.39, 0.29) is 0 Å². The summed E-state index contributed by atoms with van der Waals surface area (Å²) in [7, 11) is 3.58. The Morgan fingerprint density at radius 2 is 2.24 bits per heavy atom. The Morgan fingerprint density at radius 1 is 1.53 bits per heavy atom. The number of methoxy groups -OCH3 is 1. The van der Waals surface area contributed by atoms with Gasteiger partial charge in [-0.25, -0.2) is 4.98 Å². The fourth-order valence-corrected chi connectivity index (χ4v) is 2.43. The number of rotatable bonds is 7. The number of nitrogens with zero attached hydrogens (tertiary/aromatic N) is 2. The molecule has 1 heterocycles. The molecule has 0 aliphatic rings. The van der Waals surface area contributed by atoms with Gasteiger partial charge in [-0.1, -0.05) is 13.8 Å². The molecule has 0 saturated heterocycles. The van der Waals surface area contributed by atoms with E-state index >= 15 is 0 Å². The lowest BCUT2D eigenvalue weighted by atomic mass is 10.2. The molecule has 0 bridgehead atoms. The van der Waals surface area contributed by atoms with Crippen LogP contribution in [0.2, 0.25) is 0 Å². The Labute approximate surface area is 107 Å². The molecule has 0 saturated carbocycles. The van der Waals surface area contributed by atoms with Crippen LogP contribution < -0.4 is 0 Å². The SMILES string of the molecule is COCC(O)CN(C)Cc1csc(C(C)C)n1. The fourth-order valence-electron chi connectivity index (χ4n) is 1.61. The predicted octanol–water partition coefficient (Wildman–Crippen LogP) is 1.71. The molecule has 1 rings (SSSR count). The van der Waals surface area contributed by atoms with E-state index in [9.17, 15) is 5.11 Å². The van der Waals surface area contributed by atoms with Gasteiger partial charge in [0.1, 0.15) is 0 Å². The lowest BCUT2D eigenvalue weighted by Crippen LogP contribution is -2.31. The Balaban J connectivity index is 2.41. The number of ether oxygens (including phenoxy) is 1. The summed E-state index contributed by atoms with van der Waals surface area (Å²) in [6.07, 6.45) is -0.437. The van der Waals surface area contributed by atoms with Gasteiger partial charge < -0.3 is 9.84 Å². The van der Waals surface area contributed by atoms with Gasteiger partial charge in [0.05, 0.1) is 23.4 Å². The highest BCUT2D eigenvalue weighted by Crippen LogP contribution is 2.19. The monoisotopic (exact) mass is 258 g/mol. The number of hydrogen-bond donors (Lipinski definition) is 1. The van der Waals surface area contributed by atoms with Crippen molar-refractivity contribution in [2.45, 2.75) is 32.4 Å². The van der Waals surface area contributed by atoms with E-state index in [4.69, 9.17) is 4.74 Å². The van der Waals surface area contributed by atoms with Crippen LogP contribution in [-0.4, -0.2) is 48.4 Å². The van der Waals surface area contributed by atoms with Gasteiger partial charge in [0, 0.05) is 31.5 Å². The van der Waals surface area contributed by atoms with Crippen molar-refractivity contribution < 1.29 is 9.84 Å². The summed E-state index contributed by atoms with van der Waals surface area (Å²) >= 11 is 1.70. The van der Waals surface area contributed by atoms with E-state index in [1.165, 1.54) is 5.01 Å². The summed E-state index contributed by atoms with van der Waals surface area (Å²) in [6.45, 7) is 6.04. The molecule has 98 valence electrons. The van der Waals surface area contributed by atoms with E-state index in [1.807, 2.05) is 7.05 Å². The maximum atomic E-state index is 9.61. The molecule has 1 aromatic rings. The first-order chi connectivity index (χ1) is 8.02. The second-order valence-electron chi connectivity index (χ2n) is 4.64. The highest BCUT2D eigenvalue weighted by molar-refractivity contribution is 7.09. The van der Waals surface area contributed by atoms with E-state index in [0.717, 1.165) is 12.2 Å². The predicted molar refractivity (Wildman–Crippen MR) is 70.4 cm³/mol. The summed E-state index contributed by atoms with van der Waals surface area (Å²) in [4.78, 5) is 6.63. The van der Waals surface area contributed by atoms with Crippen LogP contribution in [0.3, 0.4) is 0 Å². The molecular weight excluding hydrogens is 236 g/mol. The summed E-state index contributed by atoms with van der Waals surface area (Å²) in [5.74, 6) is 0.484. The zero-order valence-electron chi connectivity index (χ0n) is 11.0. The molecule has 1 N–H and O–H groups in total. The molecule has 0 spiro atoms. The van der Waals surface area contributed by atoms with E-state index in [1.54, 1.807) is 18.4 Å². The molecular formula is C12H22N2O2S. The molecule has 0 aromatic carbocycles. The van der Waals surface area contributed by atoms with Gasteiger partial charge >= 0.3 is 0 Å². The van der Waals surface area contributed by atoms with E-state index < -0.39 is 6.10 Å². The maximum absolute atomic E-state index is 9.61. The number of aliphatic hydroxyl groups is 1. The molecule has 4 nitrogen and oxygen atoms in total. The minimum atomic E-state index is -0.437. The van der Waals surface area contributed by atoms with Crippen LogP contribution >= 0.6 is 11.3 Å². The highest BCUT2D eigenvalue weighted by atomic mass is 32.1. The lowest BCUT2D eigenvalue weighted by Gasteiger charge is -2.18. The smallest absolute Gasteiger partial charge is 0.0954 e. The number of aromatic nitrogens is 1. The standard InChI is InChI=1S/C12H22N2O2S/c1-9(2)12-13-10(8-17-12)5-14(3)6-11(15)7-16-4/h8-9,11,15H,5-7H2,1-4H3. The molecule has 0 aliphatic carbocycles. The molecule has 5 heteroatoms. The molecule has 17 heavy (non-hydrogen) atoms. The summed E-state index contributed by atoms with van der Waals surface area (Å²) in [5.41, 5.74) is 1.07. The first-order valence-corrected chi connectivity index (χ1v) is 6.70. The first-order valence-electron chi connectivity index (χ1n) is 5.82. The molecule has 0 amide bonds. The third-order valence-corrected chi connectivity index (χ3v) is 3.57. The van der Waals surface area contributed by atoms with Crippen LogP contribution in [0.1, 0.15) is 30.5 Å². The van der Waals surface area contributed by atoms with Crippen LogP contribution in [0.15, 0.2) is 5.38 Å². The third-order valence-electron chi connectivity index (χ3n) is 2.38. The van der Waals surface area contributed by atoms with Gasteiger partial charge in [0.25, 0.3) is 0 Å². The number of thiazole rings is 1. The van der Waals surface area contributed by atoms with Gasteiger partial charge in [0.15, 0.2) is 0 Å². The fraction of sp³-hybridized carbons (Fsp3) is 0.750. The van der Waals surface area contributed by atoms with Crippen molar-refractivity contribution in [2.75, 3.05) is 27.3 Å². The third kappa shape index (κ3) is 5.12. The lowest BCUT2D eigenvalue weighted by molar-refractivity contribution is 0.0417. The van der Waals surface area contributed by atoms with Crippen LogP contribution in [-0.2, 0) is 11.3 Å². The summed E-state index contributed by atoms with van der Waals surface area (Å²) < 4.78 is 4.90. The van der Waals surface area contributed by atoms with Crippen molar-refractivity contribution in [2.24, 2.45) is 0 Å². The van der Waals surface area contributed by atoms with Gasteiger partial charge in [-0.2, -0.15) is 0 Å². The summed E-state index contributed by atoms with van der Waals surface area (Å²) in [5, 5.41) is 12.9. The molecule has 1 aromatic heterocycles. The Morgan fingerprint density at radius 3 is 2.76 bits per heavy atom. The van der Waals surface area contributed by atoms with Crippen LogP contribution in [0.5, 0.6) is 0 Å². The van der Waals surface area contributed by atoms with Crippen molar-refractivity contribution in [1.82, 2.24) is 9.88 Å². The van der Waals surface area contributed by atoms with Gasteiger partial charge in [-0.05, 0) is 7.05 Å². The quantitative estimate of drug-likeness (QED) is 0.808. The molecule has 1 unspecified atom stereocenters. The minimum absolute atomic E-state index is 0.374. The second-order valence-corrected chi connectivity index (χ2v) is 5.53. The van der Waals surface area contributed by atoms with Gasteiger partial charge in [-0.3, -0.25) is 4.90 Å². The Hall–Kier alpha value is -0.490. The molecule has 0 radical (unpaired) electrons. The topological polar surface area (TPSA) is 45.6 Å². The van der Waals surface area contributed by atoms with Crippen LogP contribution in [0.25, 0.3) is 0 Å². The minimum Gasteiger partial charge on any atom is -0.389 e. The number of likely N-dealkylation sites (N-methyl/N-ethyl adjacent to an activating group) is 1. The van der Waals surface area contributed by atoms with Gasteiger partial charge in [-0.15, -0.1) is 11.3 Å². The zero-order chi connectivity index (χ0) is 12.8. The van der Waals surface area contributed by atoms with Crippen molar-refractivity contribution in [1.29, 1.82) is 0 Å². The molecule has 0 aliphatic heterocycles. The van der Waals surface area contributed by atoms with Crippen molar-refractivity contribution >= 4 is 11.3 Å². The van der Waals surface area contributed by atoms with Gasteiger partial charge in [0.2, 0.25) is 0 Å². The average Bonchev–Trinajstić information content (AvgIpc) is 2.66. The summed E-state index contributed by atoms with van der Waals surface area (Å²) in [6, 6.07) is 0. The van der Waals surface area contributed by atoms with E-state index in [0.29, 0.717) is 19.1 Å². The second kappa shape index (κ2) is 7.06. The van der Waals surface area contributed by atoms with Crippen LogP contribution in [0.4, 0.5) is 0 Å². The number of aliphatic hydroxyl groups excluding tert-OH is 1. The van der Waals surface area contributed by atoms with Crippen LogP contribution in [0, 0.1) is 0 Å². The average molecular weight is 258 g/mol. The largest absolute Gasteiger partial charge is 0.389 e. The first kappa shape index (κ1) is 14.6.